The summed E-state index contributed by atoms with van der Waals surface area (Å²) < 4.78 is 32.2. The van der Waals surface area contributed by atoms with E-state index in [4.69, 9.17) is 23.4 Å². The van der Waals surface area contributed by atoms with Crippen molar-refractivity contribution in [3.63, 3.8) is 0 Å². The van der Waals surface area contributed by atoms with Crippen molar-refractivity contribution in [3.8, 4) is 0 Å². The highest BCUT2D eigenvalue weighted by Crippen LogP contribution is 2.49. The molecular formula is C28H46O6Si. The zero-order valence-corrected chi connectivity index (χ0v) is 24.1. The number of esters is 1. The maximum Gasteiger partial charge on any atom is 0.302 e. The molecule has 2 aliphatic heterocycles. The molecule has 0 aliphatic carbocycles. The molecule has 3 rings (SSSR count). The van der Waals surface area contributed by atoms with Crippen LogP contribution >= 0.6 is 0 Å². The van der Waals surface area contributed by atoms with Crippen LogP contribution in [-0.2, 0) is 34.8 Å². The fourth-order valence-electron chi connectivity index (χ4n) is 5.11. The van der Waals surface area contributed by atoms with Crippen molar-refractivity contribution in [1.82, 2.24) is 0 Å². The molecule has 0 radical (unpaired) electrons. The number of benzene rings is 1. The molecule has 35 heavy (non-hydrogen) atoms. The number of hydrogen-bond donors (Lipinski definition) is 0. The Bertz CT molecular complexity index is 838. The van der Waals surface area contributed by atoms with Crippen molar-refractivity contribution >= 4 is 14.3 Å². The zero-order valence-electron chi connectivity index (χ0n) is 23.1. The molecule has 0 aromatic heterocycles. The van der Waals surface area contributed by atoms with Crippen molar-refractivity contribution in [1.29, 1.82) is 0 Å². The lowest BCUT2D eigenvalue weighted by Crippen LogP contribution is -2.66. The van der Waals surface area contributed by atoms with Crippen LogP contribution in [0.1, 0.15) is 66.9 Å². The van der Waals surface area contributed by atoms with Gasteiger partial charge in [-0.3, -0.25) is 4.79 Å². The average molecular weight is 507 g/mol. The summed E-state index contributed by atoms with van der Waals surface area (Å²) >= 11 is 0. The third-order valence-corrected chi connectivity index (χ3v) is 12.7. The van der Waals surface area contributed by atoms with Gasteiger partial charge < -0.3 is 23.4 Å². The van der Waals surface area contributed by atoms with Gasteiger partial charge in [-0.25, -0.2) is 0 Å². The fraction of sp³-hybridized carbons (Fsp3) is 0.750. The lowest BCUT2D eigenvalue weighted by Gasteiger charge is -2.57. The van der Waals surface area contributed by atoms with E-state index in [9.17, 15) is 4.79 Å². The summed E-state index contributed by atoms with van der Waals surface area (Å²) in [6.07, 6.45) is 0.803. The van der Waals surface area contributed by atoms with Crippen LogP contribution < -0.4 is 0 Å². The Kier molecular flexibility index (Phi) is 8.91. The SMILES string of the molecule is CC(=O)O[C@@H]1C[C@H](COCc2ccccc2)O[C@@]2(O[C@@H](C)C[C@@H](O[Si](C)(C)C(C)(C)C)[C@@H]2C)[C@@H]1C. The Morgan fingerprint density at radius 3 is 2.26 bits per heavy atom. The molecule has 2 aliphatic rings. The van der Waals surface area contributed by atoms with Crippen LogP contribution in [0.5, 0.6) is 0 Å². The lowest BCUT2D eigenvalue weighted by atomic mass is 9.75. The first-order valence-electron chi connectivity index (χ1n) is 13.1. The molecule has 0 saturated carbocycles. The molecule has 1 aromatic carbocycles. The van der Waals surface area contributed by atoms with Crippen molar-refractivity contribution in [2.24, 2.45) is 11.8 Å². The molecule has 7 heteroatoms. The van der Waals surface area contributed by atoms with E-state index in [1.807, 2.05) is 30.3 Å². The van der Waals surface area contributed by atoms with Gasteiger partial charge in [0.25, 0.3) is 0 Å². The minimum absolute atomic E-state index is 0.00376. The average Bonchev–Trinajstić information content (AvgIpc) is 2.74. The molecule has 1 aromatic rings. The molecule has 0 amide bonds. The second kappa shape index (κ2) is 11.0. The highest BCUT2D eigenvalue weighted by Gasteiger charge is 2.59. The molecule has 2 heterocycles. The maximum absolute atomic E-state index is 12.0. The van der Waals surface area contributed by atoms with Crippen molar-refractivity contribution in [2.75, 3.05) is 6.61 Å². The van der Waals surface area contributed by atoms with E-state index in [2.05, 4.69) is 54.6 Å². The molecule has 0 unspecified atom stereocenters. The van der Waals surface area contributed by atoms with E-state index in [1.165, 1.54) is 6.92 Å². The summed E-state index contributed by atoms with van der Waals surface area (Å²) in [6, 6.07) is 10.1. The van der Waals surface area contributed by atoms with Gasteiger partial charge in [0.05, 0.1) is 31.5 Å². The Morgan fingerprint density at radius 2 is 1.66 bits per heavy atom. The summed E-state index contributed by atoms with van der Waals surface area (Å²) in [6.45, 7) is 20.1. The van der Waals surface area contributed by atoms with Crippen LogP contribution in [0.2, 0.25) is 18.1 Å². The molecule has 2 fully saturated rings. The molecule has 2 saturated heterocycles. The summed E-state index contributed by atoms with van der Waals surface area (Å²) in [4.78, 5) is 12.0. The van der Waals surface area contributed by atoms with Gasteiger partial charge in [0.15, 0.2) is 14.1 Å². The Morgan fingerprint density at radius 1 is 1.03 bits per heavy atom. The molecule has 1 spiro atoms. The van der Waals surface area contributed by atoms with E-state index in [1.54, 1.807) is 0 Å². The van der Waals surface area contributed by atoms with E-state index in [0.29, 0.717) is 19.6 Å². The third kappa shape index (κ3) is 6.55. The van der Waals surface area contributed by atoms with Gasteiger partial charge in [0, 0.05) is 25.2 Å². The molecular weight excluding hydrogens is 460 g/mol. The lowest BCUT2D eigenvalue weighted by molar-refractivity contribution is -0.383. The largest absolute Gasteiger partial charge is 0.462 e. The minimum atomic E-state index is -2.01. The number of carbonyl (C=O) groups is 1. The van der Waals surface area contributed by atoms with E-state index >= 15 is 0 Å². The zero-order chi connectivity index (χ0) is 26.0. The van der Waals surface area contributed by atoms with Crippen LogP contribution in [0.15, 0.2) is 30.3 Å². The Hall–Kier alpha value is -1.25. The standard InChI is InChI=1S/C28H46O6Si/c1-19-15-26(34-35(8,9)27(5,6)7)21(3)28(32-19)20(2)25(31-22(4)29)16-24(33-28)18-30-17-23-13-11-10-12-14-23/h10-14,19-21,24-26H,15-18H2,1-9H3/t19-,20+,21-,24+,25+,26+,28-/m0/s1. The first-order chi connectivity index (χ1) is 16.2. The van der Waals surface area contributed by atoms with Crippen LogP contribution in [-0.4, -0.2) is 51.1 Å². The summed E-state index contributed by atoms with van der Waals surface area (Å²) in [5.41, 5.74) is 1.11. The highest BCUT2D eigenvalue weighted by molar-refractivity contribution is 6.74. The van der Waals surface area contributed by atoms with Crippen LogP contribution in [0.25, 0.3) is 0 Å². The molecule has 0 bridgehead atoms. The van der Waals surface area contributed by atoms with Gasteiger partial charge in [-0.15, -0.1) is 0 Å². The van der Waals surface area contributed by atoms with Crippen LogP contribution in [0, 0.1) is 11.8 Å². The van der Waals surface area contributed by atoms with Crippen molar-refractivity contribution in [3.05, 3.63) is 35.9 Å². The predicted octanol–water partition coefficient (Wildman–Crippen LogP) is 6.09. The first-order valence-corrected chi connectivity index (χ1v) is 16.0. The van der Waals surface area contributed by atoms with Crippen LogP contribution in [0.4, 0.5) is 0 Å². The maximum atomic E-state index is 12.0. The normalized spacial score (nSPS) is 34.1. The van der Waals surface area contributed by atoms with Gasteiger partial charge in [-0.1, -0.05) is 65.0 Å². The second-order valence-electron chi connectivity index (χ2n) is 12.0. The molecule has 198 valence electrons. The number of hydrogen-bond acceptors (Lipinski definition) is 6. The second-order valence-corrected chi connectivity index (χ2v) is 16.8. The van der Waals surface area contributed by atoms with Gasteiger partial charge in [0.1, 0.15) is 6.10 Å². The van der Waals surface area contributed by atoms with Crippen molar-refractivity contribution < 1.29 is 28.2 Å². The monoisotopic (exact) mass is 506 g/mol. The molecule has 7 atom stereocenters. The fourth-order valence-corrected chi connectivity index (χ4v) is 6.52. The molecule has 6 nitrogen and oxygen atoms in total. The third-order valence-electron chi connectivity index (χ3n) is 8.17. The van der Waals surface area contributed by atoms with Gasteiger partial charge in [-0.2, -0.15) is 0 Å². The number of rotatable bonds is 7. The van der Waals surface area contributed by atoms with Gasteiger partial charge in [-0.05, 0) is 37.0 Å². The number of ether oxygens (including phenoxy) is 4. The van der Waals surface area contributed by atoms with E-state index in [0.717, 1.165) is 12.0 Å². The summed E-state index contributed by atoms with van der Waals surface area (Å²) in [7, 11) is -2.01. The minimum Gasteiger partial charge on any atom is -0.462 e. The first kappa shape index (κ1) is 28.3. The van der Waals surface area contributed by atoms with E-state index in [-0.39, 0.29) is 47.3 Å². The van der Waals surface area contributed by atoms with Crippen LogP contribution in [0.3, 0.4) is 0 Å². The Labute approximate surface area is 213 Å². The van der Waals surface area contributed by atoms with Crippen molar-refractivity contribution in [2.45, 2.75) is 116 Å². The van der Waals surface area contributed by atoms with E-state index < -0.39 is 14.1 Å². The smallest absolute Gasteiger partial charge is 0.302 e. The molecule has 0 N–H and O–H groups in total. The quantitative estimate of drug-likeness (QED) is 0.329. The predicted molar refractivity (Wildman–Crippen MR) is 139 cm³/mol. The summed E-state index contributed by atoms with van der Waals surface area (Å²) in [5, 5.41) is 0.106. The number of carbonyl (C=O) groups excluding carboxylic acids is 1. The topological polar surface area (TPSA) is 63.2 Å². The Balaban J connectivity index is 1.83. The van der Waals surface area contributed by atoms with Gasteiger partial charge in [0.2, 0.25) is 0 Å². The highest BCUT2D eigenvalue weighted by atomic mass is 28.4. The van der Waals surface area contributed by atoms with Gasteiger partial charge >= 0.3 is 5.97 Å². The summed E-state index contributed by atoms with van der Waals surface area (Å²) in [5.74, 6) is -1.37.